The number of ether oxygens (including phenoxy) is 1. The van der Waals surface area contributed by atoms with Gasteiger partial charge in [0.2, 0.25) is 11.0 Å². The predicted molar refractivity (Wildman–Crippen MR) is 107 cm³/mol. The number of aromatic nitrogens is 2. The van der Waals surface area contributed by atoms with E-state index in [4.69, 9.17) is 4.74 Å². The van der Waals surface area contributed by atoms with Gasteiger partial charge in [-0.15, -0.1) is 10.2 Å². The molecule has 3 rings (SSSR count). The number of anilines is 1. The second kappa shape index (κ2) is 10.3. The van der Waals surface area contributed by atoms with E-state index in [1.165, 1.54) is 55.2 Å². The number of esters is 1. The van der Waals surface area contributed by atoms with Crippen LogP contribution in [0.1, 0.15) is 51.9 Å². The monoisotopic (exact) mass is 412 g/mol. The number of rotatable bonds is 7. The number of hydrogen-bond donors (Lipinski definition) is 1. The summed E-state index contributed by atoms with van der Waals surface area (Å²) in [5, 5.41) is 12.7. The van der Waals surface area contributed by atoms with Crippen LogP contribution >= 0.6 is 23.1 Å². The third-order valence-corrected chi connectivity index (χ3v) is 7.10. The Morgan fingerprint density at radius 2 is 1.93 bits per heavy atom. The number of carbonyl (C=O) groups is 2. The molecule has 0 bridgehead atoms. The van der Waals surface area contributed by atoms with Crippen LogP contribution in [-0.4, -0.2) is 58.5 Å². The molecular weight excluding hydrogens is 384 g/mol. The van der Waals surface area contributed by atoms with Gasteiger partial charge in [0.25, 0.3) is 0 Å². The van der Waals surface area contributed by atoms with Crippen molar-refractivity contribution in [3.63, 3.8) is 0 Å². The standard InChI is InChI=1S/C18H28N4O3S2/c1-2-25-16(24)13-8-10-22(11-9-13)15(23)12-26-18-21-20-17(27-18)19-14-6-4-3-5-7-14/h13-14H,2-12H2,1H3,(H,19,20). The number of carbonyl (C=O) groups excluding carboxylic acids is 2. The van der Waals surface area contributed by atoms with Crippen LogP contribution in [0.15, 0.2) is 4.34 Å². The highest BCUT2D eigenvalue weighted by molar-refractivity contribution is 8.01. The molecule has 0 spiro atoms. The van der Waals surface area contributed by atoms with E-state index >= 15 is 0 Å². The minimum Gasteiger partial charge on any atom is -0.466 e. The van der Waals surface area contributed by atoms with E-state index in [1.807, 2.05) is 11.8 Å². The van der Waals surface area contributed by atoms with Gasteiger partial charge in [-0.05, 0) is 32.6 Å². The summed E-state index contributed by atoms with van der Waals surface area (Å²) in [5.74, 6) is 0.255. The Bertz CT molecular complexity index is 626. The van der Waals surface area contributed by atoms with Crippen molar-refractivity contribution in [3.05, 3.63) is 0 Å². The molecule has 150 valence electrons. The van der Waals surface area contributed by atoms with Gasteiger partial charge in [-0.25, -0.2) is 0 Å². The largest absolute Gasteiger partial charge is 0.466 e. The average molecular weight is 413 g/mol. The van der Waals surface area contributed by atoms with Crippen molar-refractivity contribution in [1.29, 1.82) is 0 Å². The highest BCUT2D eigenvalue weighted by Crippen LogP contribution is 2.29. The molecule has 2 heterocycles. The van der Waals surface area contributed by atoms with E-state index in [-0.39, 0.29) is 17.8 Å². The topological polar surface area (TPSA) is 84.4 Å². The maximum Gasteiger partial charge on any atom is 0.309 e. The lowest BCUT2D eigenvalue weighted by atomic mass is 9.96. The van der Waals surface area contributed by atoms with Crippen molar-refractivity contribution in [2.24, 2.45) is 5.92 Å². The molecule has 9 heteroatoms. The molecule has 27 heavy (non-hydrogen) atoms. The molecule has 2 fully saturated rings. The normalized spacial score (nSPS) is 19.1. The maximum atomic E-state index is 12.4. The lowest BCUT2D eigenvalue weighted by molar-refractivity contribution is -0.151. The van der Waals surface area contributed by atoms with Crippen LogP contribution < -0.4 is 5.32 Å². The summed E-state index contributed by atoms with van der Waals surface area (Å²) in [6.07, 6.45) is 7.64. The minimum absolute atomic E-state index is 0.0711. The number of piperidine rings is 1. The molecule has 7 nitrogen and oxygen atoms in total. The highest BCUT2D eigenvalue weighted by Gasteiger charge is 2.28. The molecule has 1 saturated carbocycles. The number of thioether (sulfide) groups is 1. The van der Waals surface area contributed by atoms with Gasteiger partial charge in [-0.2, -0.15) is 0 Å². The van der Waals surface area contributed by atoms with Crippen LogP contribution in [0.2, 0.25) is 0 Å². The molecule has 1 aromatic heterocycles. The van der Waals surface area contributed by atoms with Gasteiger partial charge in [-0.3, -0.25) is 9.59 Å². The summed E-state index contributed by atoms with van der Waals surface area (Å²) in [7, 11) is 0. The Kier molecular flexibility index (Phi) is 7.75. The zero-order chi connectivity index (χ0) is 19.1. The Labute approximate surface area is 168 Å². The maximum absolute atomic E-state index is 12.4. The van der Waals surface area contributed by atoms with Crippen LogP contribution in [0, 0.1) is 5.92 Å². The number of nitrogens with one attached hydrogen (secondary N) is 1. The molecule has 1 aliphatic carbocycles. The van der Waals surface area contributed by atoms with E-state index < -0.39 is 0 Å². The van der Waals surface area contributed by atoms with E-state index in [2.05, 4.69) is 15.5 Å². The van der Waals surface area contributed by atoms with Crippen molar-refractivity contribution in [1.82, 2.24) is 15.1 Å². The Morgan fingerprint density at radius 3 is 2.63 bits per heavy atom. The molecule has 0 aromatic carbocycles. The second-order valence-corrected chi connectivity index (χ2v) is 9.25. The molecule has 0 radical (unpaired) electrons. The van der Waals surface area contributed by atoms with Crippen LogP contribution in [-0.2, 0) is 14.3 Å². The zero-order valence-corrected chi connectivity index (χ0v) is 17.4. The number of nitrogens with zero attached hydrogens (tertiary/aromatic N) is 3. The summed E-state index contributed by atoms with van der Waals surface area (Å²) in [4.78, 5) is 26.0. The molecule has 0 atom stereocenters. The van der Waals surface area contributed by atoms with Gasteiger partial charge in [0, 0.05) is 19.1 Å². The minimum atomic E-state index is -0.133. The van der Waals surface area contributed by atoms with E-state index in [9.17, 15) is 9.59 Å². The van der Waals surface area contributed by atoms with Crippen LogP contribution in [0.25, 0.3) is 0 Å². The fraction of sp³-hybridized carbons (Fsp3) is 0.778. The van der Waals surface area contributed by atoms with Crippen molar-refractivity contribution < 1.29 is 14.3 Å². The van der Waals surface area contributed by atoms with Crippen molar-refractivity contribution in [2.45, 2.75) is 62.3 Å². The fourth-order valence-electron chi connectivity index (χ4n) is 3.59. The van der Waals surface area contributed by atoms with Crippen molar-refractivity contribution in [2.75, 3.05) is 30.8 Å². The first-order chi connectivity index (χ1) is 13.2. The van der Waals surface area contributed by atoms with Crippen LogP contribution in [0.3, 0.4) is 0 Å². The lowest BCUT2D eigenvalue weighted by Crippen LogP contribution is -2.41. The van der Waals surface area contributed by atoms with Gasteiger partial charge in [0.15, 0.2) is 4.34 Å². The van der Waals surface area contributed by atoms with Crippen molar-refractivity contribution in [3.8, 4) is 0 Å². The van der Waals surface area contributed by atoms with E-state index in [1.54, 1.807) is 0 Å². The van der Waals surface area contributed by atoms with E-state index in [0.717, 1.165) is 9.47 Å². The Balaban J connectivity index is 1.39. The molecular formula is C18H28N4O3S2. The van der Waals surface area contributed by atoms with Crippen molar-refractivity contribution >= 4 is 40.1 Å². The van der Waals surface area contributed by atoms with Crippen LogP contribution in [0.5, 0.6) is 0 Å². The molecule has 0 unspecified atom stereocenters. The number of amides is 1. The predicted octanol–water partition coefficient (Wildman–Crippen LogP) is 3.18. The molecule has 1 aromatic rings. The Hall–Kier alpha value is -1.35. The fourth-order valence-corrected chi connectivity index (χ4v) is 5.32. The first-order valence-electron chi connectivity index (χ1n) is 9.83. The summed E-state index contributed by atoms with van der Waals surface area (Å²) < 4.78 is 5.90. The second-order valence-electron chi connectivity index (χ2n) is 7.05. The third-order valence-electron chi connectivity index (χ3n) is 5.13. The van der Waals surface area contributed by atoms with E-state index in [0.29, 0.717) is 44.3 Å². The average Bonchev–Trinajstić information content (AvgIpc) is 3.14. The Morgan fingerprint density at radius 1 is 1.19 bits per heavy atom. The smallest absolute Gasteiger partial charge is 0.309 e. The summed E-state index contributed by atoms with van der Waals surface area (Å²) in [5.41, 5.74) is 0. The van der Waals surface area contributed by atoms with Gasteiger partial charge in [0.1, 0.15) is 0 Å². The highest BCUT2D eigenvalue weighted by atomic mass is 32.2. The summed E-state index contributed by atoms with van der Waals surface area (Å²) >= 11 is 2.96. The third kappa shape index (κ3) is 6.07. The summed E-state index contributed by atoms with van der Waals surface area (Å²) in [6, 6.07) is 0.506. The summed E-state index contributed by atoms with van der Waals surface area (Å²) in [6.45, 7) is 3.46. The molecule has 2 aliphatic rings. The first kappa shape index (κ1) is 20.4. The number of likely N-dealkylation sites (tertiary alicyclic amines) is 1. The zero-order valence-electron chi connectivity index (χ0n) is 15.8. The number of hydrogen-bond acceptors (Lipinski definition) is 8. The van der Waals surface area contributed by atoms with Gasteiger partial charge >= 0.3 is 5.97 Å². The SMILES string of the molecule is CCOC(=O)C1CCN(C(=O)CSc2nnc(NC3CCCCC3)s2)CC1. The van der Waals surface area contributed by atoms with Gasteiger partial charge in [-0.1, -0.05) is 42.4 Å². The lowest BCUT2D eigenvalue weighted by Gasteiger charge is -2.30. The van der Waals surface area contributed by atoms with Crippen LogP contribution in [0.4, 0.5) is 5.13 Å². The molecule has 1 aliphatic heterocycles. The molecule has 1 N–H and O–H groups in total. The quantitative estimate of drug-likeness (QED) is 0.544. The van der Waals surface area contributed by atoms with Gasteiger partial charge < -0.3 is 15.0 Å². The first-order valence-corrected chi connectivity index (χ1v) is 11.6. The molecule has 1 amide bonds. The molecule has 1 saturated heterocycles. The van der Waals surface area contributed by atoms with Gasteiger partial charge in [0.05, 0.1) is 18.3 Å².